The summed E-state index contributed by atoms with van der Waals surface area (Å²) in [6, 6.07) is 10.3. The van der Waals surface area contributed by atoms with Gasteiger partial charge >= 0.3 is 0 Å². The number of para-hydroxylation sites is 1. The first-order valence-electron chi connectivity index (χ1n) is 6.60. The van der Waals surface area contributed by atoms with Gasteiger partial charge in [0, 0.05) is 23.7 Å². The minimum Gasteiger partial charge on any atom is -0.363 e. The smallest absolute Gasteiger partial charge is 0.205 e. The SMILES string of the molecule is CNc1nnc(-c2cc(C(C)C)nc3ccccc23)s1. The topological polar surface area (TPSA) is 50.7 Å². The second-order valence-electron chi connectivity index (χ2n) is 4.93. The first-order valence-corrected chi connectivity index (χ1v) is 7.42. The van der Waals surface area contributed by atoms with Crippen LogP contribution >= 0.6 is 11.3 Å². The van der Waals surface area contributed by atoms with Crippen LogP contribution in [0.2, 0.25) is 0 Å². The second kappa shape index (κ2) is 5.17. The molecule has 0 aliphatic carbocycles. The van der Waals surface area contributed by atoms with Crippen molar-refractivity contribution >= 4 is 27.4 Å². The van der Waals surface area contributed by atoms with E-state index in [9.17, 15) is 0 Å². The quantitative estimate of drug-likeness (QED) is 0.792. The van der Waals surface area contributed by atoms with Crippen LogP contribution in [0, 0.1) is 0 Å². The van der Waals surface area contributed by atoms with Crippen molar-refractivity contribution in [2.45, 2.75) is 19.8 Å². The molecule has 0 fully saturated rings. The van der Waals surface area contributed by atoms with Crippen LogP contribution in [-0.4, -0.2) is 22.2 Å². The van der Waals surface area contributed by atoms with E-state index in [-0.39, 0.29) is 0 Å². The molecule has 0 bridgehead atoms. The molecule has 102 valence electrons. The highest BCUT2D eigenvalue weighted by molar-refractivity contribution is 7.18. The third-order valence-electron chi connectivity index (χ3n) is 3.20. The van der Waals surface area contributed by atoms with Crippen molar-refractivity contribution in [2.75, 3.05) is 12.4 Å². The number of hydrogen-bond acceptors (Lipinski definition) is 5. The molecule has 4 nitrogen and oxygen atoms in total. The number of benzene rings is 1. The molecule has 0 atom stereocenters. The zero-order chi connectivity index (χ0) is 14.1. The summed E-state index contributed by atoms with van der Waals surface area (Å²) in [5, 5.41) is 14.3. The van der Waals surface area contributed by atoms with Crippen LogP contribution in [0.5, 0.6) is 0 Å². The molecule has 3 aromatic rings. The van der Waals surface area contributed by atoms with Gasteiger partial charge in [0.2, 0.25) is 5.13 Å². The largest absolute Gasteiger partial charge is 0.363 e. The molecule has 0 radical (unpaired) electrons. The zero-order valence-corrected chi connectivity index (χ0v) is 12.5. The molecule has 0 aliphatic rings. The van der Waals surface area contributed by atoms with Gasteiger partial charge in [-0.15, -0.1) is 10.2 Å². The Morgan fingerprint density at radius 1 is 1.15 bits per heavy atom. The molecule has 0 amide bonds. The Hall–Kier alpha value is -2.01. The Bertz CT molecular complexity index is 748. The molecule has 0 saturated heterocycles. The number of rotatable bonds is 3. The summed E-state index contributed by atoms with van der Waals surface area (Å²) in [7, 11) is 1.86. The lowest BCUT2D eigenvalue weighted by atomic mass is 10.0. The second-order valence-corrected chi connectivity index (χ2v) is 5.91. The van der Waals surface area contributed by atoms with Gasteiger partial charge in [-0.1, -0.05) is 43.4 Å². The van der Waals surface area contributed by atoms with E-state index in [1.807, 2.05) is 25.2 Å². The molecule has 2 aromatic heterocycles. The van der Waals surface area contributed by atoms with Gasteiger partial charge in [-0.05, 0) is 18.1 Å². The van der Waals surface area contributed by atoms with Crippen molar-refractivity contribution in [3.63, 3.8) is 0 Å². The van der Waals surface area contributed by atoms with Crippen molar-refractivity contribution in [1.29, 1.82) is 0 Å². The van der Waals surface area contributed by atoms with E-state index in [1.165, 1.54) is 0 Å². The van der Waals surface area contributed by atoms with E-state index in [1.54, 1.807) is 11.3 Å². The summed E-state index contributed by atoms with van der Waals surface area (Å²) >= 11 is 1.56. The Morgan fingerprint density at radius 3 is 2.65 bits per heavy atom. The van der Waals surface area contributed by atoms with E-state index >= 15 is 0 Å². The lowest BCUT2D eigenvalue weighted by Crippen LogP contribution is -1.95. The van der Waals surface area contributed by atoms with Crippen LogP contribution in [0.3, 0.4) is 0 Å². The summed E-state index contributed by atoms with van der Waals surface area (Å²) in [6.45, 7) is 4.31. The summed E-state index contributed by atoms with van der Waals surface area (Å²) in [5.41, 5.74) is 3.20. The predicted molar refractivity (Wildman–Crippen MR) is 84.3 cm³/mol. The molecule has 0 aliphatic heterocycles. The number of hydrogen-bond donors (Lipinski definition) is 1. The minimum atomic E-state index is 0.384. The van der Waals surface area contributed by atoms with Crippen LogP contribution in [-0.2, 0) is 0 Å². The number of aromatic nitrogens is 3. The van der Waals surface area contributed by atoms with Crippen LogP contribution in [0.1, 0.15) is 25.5 Å². The van der Waals surface area contributed by atoms with Gasteiger partial charge in [0.15, 0.2) is 0 Å². The van der Waals surface area contributed by atoms with Gasteiger partial charge in [-0.3, -0.25) is 4.98 Å². The molecule has 3 rings (SSSR count). The minimum absolute atomic E-state index is 0.384. The maximum Gasteiger partial charge on any atom is 0.205 e. The zero-order valence-electron chi connectivity index (χ0n) is 11.7. The Morgan fingerprint density at radius 2 is 1.95 bits per heavy atom. The monoisotopic (exact) mass is 284 g/mol. The molecule has 5 heteroatoms. The average Bonchev–Trinajstić information content (AvgIpc) is 2.94. The fourth-order valence-electron chi connectivity index (χ4n) is 2.10. The highest BCUT2D eigenvalue weighted by atomic mass is 32.1. The first kappa shape index (κ1) is 13.0. The van der Waals surface area contributed by atoms with E-state index in [2.05, 4.69) is 41.5 Å². The van der Waals surface area contributed by atoms with Crippen LogP contribution in [0.15, 0.2) is 30.3 Å². The lowest BCUT2D eigenvalue weighted by Gasteiger charge is -2.09. The Kier molecular flexibility index (Phi) is 3.36. The number of anilines is 1. The van der Waals surface area contributed by atoms with E-state index in [0.29, 0.717) is 5.92 Å². The highest BCUT2D eigenvalue weighted by Gasteiger charge is 2.13. The number of nitrogens with zero attached hydrogens (tertiary/aromatic N) is 3. The molecule has 0 saturated carbocycles. The van der Waals surface area contributed by atoms with Crippen molar-refractivity contribution in [1.82, 2.24) is 15.2 Å². The van der Waals surface area contributed by atoms with Gasteiger partial charge in [-0.25, -0.2) is 0 Å². The van der Waals surface area contributed by atoms with Crippen LogP contribution in [0.25, 0.3) is 21.5 Å². The van der Waals surface area contributed by atoms with Crippen molar-refractivity contribution < 1.29 is 0 Å². The average molecular weight is 284 g/mol. The number of nitrogens with one attached hydrogen (secondary N) is 1. The molecule has 20 heavy (non-hydrogen) atoms. The third kappa shape index (κ3) is 2.25. The van der Waals surface area contributed by atoms with E-state index < -0.39 is 0 Å². The van der Waals surface area contributed by atoms with E-state index in [0.717, 1.165) is 32.3 Å². The highest BCUT2D eigenvalue weighted by Crippen LogP contribution is 2.33. The predicted octanol–water partition coefficient (Wildman–Crippen LogP) is 3.92. The van der Waals surface area contributed by atoms with Gasteiger partial charge in [0.1, 0.15) is 5.01 Å². The third-order valence-corrected chi connectivity index (χ3v) is 4.17. The van der Waals surface area contributed by atoms with Gasteiger partial charge in [0.05, 0.1) is 5.52 Å². The standard InChI is InChI=1S/C15H16N4S/c1-9(2)13-8-11(14-18-19-15(16-3)20-14)10-6-4-5-7-12(10)17-13/h4-9H,1-3H3,(H,16,19). The summed E-state index contributed by atoms with van der Waals surface area (Å²) in [4.78, 5) is 4.73. The van der Waals surface area contributed by atoms with Crippen LogP contribution < -0.4 is 5.32 Å². The molecular weight excluding hydrogens is 268 g/mol. The molecule has 0 unspecified atom stereocenters. The first-order chi connectivity index (χ1) is 9.69. The van der Waals surface area contributed by atoms with Gasteiger partial charge in [-0.2, -0.15) is 0 Å². The van der Waals surface area contributed by atoms with Crippen molar-refractivity contribution in [2.24, 2.45) is 0 Å². The van der Waals surface area contributed by atoms with E-state index in [4.69, 9.17) is 4.98 Å². The summed E-state index contributed by atoms with van der Waals surface area (Å²) in [5.74, 6) is 0.384. The molecule has 0 spiro atoms. The Labute approximate surface area is 121 Å². The fraction of sp³-hybridized carbons (Fsp3) is 0.267. The number of fused-ring (bicyclic) bond motifs is 1. The molecular formula is C15H16N4S. The number of pyridine rings is 1. The van der Waals surface area contributed by atoms with Crippen molar-refractivity contribution in [3.8, 4) is 10.6 Å². The normalized spacial score (nSPS) is 11.2. The van der Waals surface area contributed by atoms with Crippen molar-refractivity contribution in [3.05, 3.63) is 36.0 Å². The maximum atomic E-state index is 4.73. The fourth-order valence-corrected chi connectivity index (χ4v) is 2.83. The lowest BCUT2D eigenvalue weighted by molar-refractivity contribution is 0.830. The maximum absolute atomic E-state index is 4.73. The summed E-state index contributed by atoms with van der Waals surface area (Å²) in [6.07, 6.45) is 0. The summed E-state index contributed by atoms with van der Waals surface area (Å²) < 4.78 is 0. The molecule has 2 heterocycles. The Balaban J connectivity index is 2.26. The van der Waals surface area contributed by atoms with Gasteiger partial charge in [0.25, 0.3) is 0 Å². The van der Waals surface area contributed by atoms with Gasteiger partial charge < -0.3 is 5.32 Å². The molecule has 1 aromatic carbocycles. The van der Waals surface area contributed by atoms with Crippen LogP contribution in [0.4, 0.5) is 5.13 Å². The molecule has 1 N–H and O–H groups in total.